The van der Waals surface area contributed by atoms with E-state index in [0.29, 0.717) is 30.3 Å². The summed E-state index contributed by atoms with van der Waals surface area (Å²) in [5, 5.41) is 1.21. The second kappa shape index (κ2) is 11.4. The molecule has 12 heteroatoms. The minimum atomic E-state index is -1.17. The normalized spacial score (nSPS) is 13.1. The Bertz CT molecular complexity index is 1290. The first kappa shape index (κ1) is 26.1. The molecule has 0 radical (unpaired) electrons. The first-order valence-corrected chi connectivity index (χ1v) is 12.0. The number of primary amides is 1. The number of aryl methyl sites for hydroxylation is 1. The SMILES string of the molecule is Cc1ccc(CN(C(=O)c2nc(N(N)CCN)ncc2Cl)C(C(N)=O)c2ccc3c(c2)OCCO3)cc1. The number of carbonyl (C=O) groups is 2. The van der Waals surface area contributed by atoms with Gasteiger partial charge in [-0.1, -0.05) is 47.5 Å². The molecule has 1 aliphatic rings. The zero-order chi connectivity index (χ0) is 26.5. The number of fused-ring (bicyclic) bond motifs is 1. The van der Waals surface area contributed by atoms with E-state index < -0.39 is 17.9 Å². The highest BCUT2D eigenvalue weighted by Crippen LogP contribution is 2.35. The molecule has 0 saturated carbocycles. The number of carbonyl (C=O) groups excluding carboxylic acids is 2. The van der Waals surface area contributed by atoms with E-state index in [1.165, 1.54) is 16.1 Å². The highest BCUT2D eigenvalue weighted by Gasteiger charge is 2.34. The second-order valence-electron chi connectivity index (χ2n) is 8.48. The van der Waals surface area contributed by atoms with Crippen LogP contribution in [-0.4, -0.2) is 53.0 Å². The lowest BCUT2D eigenvalue weighted by atomic mass is 10.0. The fourth-order valence-electron chi connectivity index (χ4n) is 3.92. The third-order valence-electron chi connectivity index (χ3n) is 5.76. The Morgan fingerprint density at radius 1 is 1.11 bits per heavy atom. The van der Waals surface area contributed by atoms with Crippen molar-refractivity contribution in [1.82, 2.24) is 14.9 Å². The third kappa shape index (κ3) is 5.91. The Labute approximate surface area is 219 Å². The Hall–Kier alpha value is -3.93. The van der Waals surface area contributed by atoms with E-state index >= 15 is 0 Å². The summed E-state index contributed by atoms with van der Waals surface area (Å²) in [4.78, 5) is 36.6. The summed E-state index contributed by atoms with van der Waals surface area (Å²) in [5.41, 5.74) is 13.6. The van der Waals surface area contributed by atoms with Crippen LogP contribution >= 0.6 is 11.6 Å². The molecule has 1 aromatic heterocycles. The smallest absolute Gasteiger partial charge is 0.275 e. The lowest BCUT2D eigenvalue weighted by Gasteiger charge is -2.31. The van der Waals surface area contributed by atoms with E-state index in [1.54, 1.807) is 18.2 Å². The number of rotatable bonds is 9. The van der Waals surface area contributed by atoms with Gasteiger partial charge in [0.15, 0.2) is 17.2 Å². The number of hydrogen-bond acceptors (Lipinski definition) is 9. The van der Waals surface area contributed by atoms with Crippen LogP contribution in [0.1, 0.15) is 33.2 Å². The zero-order valence-electron chi connectivity index (χ0n) is 20.3. The summed E-state index contributed by atoms with van der Waals surface area (Å²) >= 11 is 6.36. The summed E-state index contributed by atoms with van der Waals surface area (Å²) in [6, 6.07) is 11.4. The first-order chi connectivity index (χ1) is 17.8. The van der Waals surface area contributed by atoms with Crippen LogP contribution in [0, 0.1) is 6.92 Å². The summed E-state index contributed by atoms with van der Waals surface area (Å²) in [6.45, 7) is 3.28. The van der Waals surface area contributed by atoms with Crippen LogP contribution < -0.4 is 31.8 Å². The summed E-state index contributed by atoms with van der Waals surface area (Å²) in [6.07, 6.45) is 1.28. The van der Waals surface area contributed by atoms with E-state index in [9.17, 15) is 9.59 Å². The van der Waals surface area contributed by atoms with Crippen LogP contribution in [0.2, 0.25) is 5.02 Å². The number of halogens is 1. The molecule has 1 aliphatic heterocycles. The number of aromatic nitrogens is 2. The van der Waals surface area contributed by atoms with Crippen LogP contribution in [0.4, 0.5) is 5.95 Å². The molecule has 37 heavy (non-hydrogen) atoms. The molecule has 3 aromatic rings. The van der Waals surface area contributed by atoms with Crippen molar-refractivity contribution in [1.29, 1.82) is 0 Å². The fourth-order valence-corrected chi connectivity index (χ4v) is 4.09. The van der Waals surface area contributed by atoms with Crippen molar-refractivity contribution >= 4 is 29.4 Å². The van der Waals surface area contributed by atoms with E-state index in [0.717, 1.165) is 11.1 Å². The molecular formula is C25H28ClN7O4. The van der Waals surface area contributed by atoms with Crippen molar-refractivity contribution in [2.75, 3.05) is 31.3 Å². The summed E-state index contributed by atoms with van der Waals surface area (Å²) in [7, 11) is 0. The molecule has 0 spiro atoms. The third-order valence-corrected chi connectivity index (χ3v) is 6.03. The van der Waals surface area contributed by atoms with Gasteiger partial charge in [-0.2, -0.15) is 0 Å². The first-order valence-electron chi connectivity index (χ1n) is 11.6. The van der Waals surface area contributed by atoms with Crippen LogP contribution in [0.5, 0.6) is 11.5 Å². The molecule has 6 N–H and O–H groups in total. The van der Waals surface area contributed by atoms with E-state index in [1.807, 2.05) is 31.2 Å². The molecule has 2 aromatic carbocycles. The zero-order valence-corrected chi connectivity index (χ0v) is 21.0. The van der Waals surface area contributed by atoms with E-state index in [-0.39, 0.29) is 36.3 Å². The predicted octanol–water partition coefficient (Wildman–Crippen LogP) is 1.72. The summed E-state index contributed by atoms with van der Waals surface area (Å²) < 4.78 is 11.3. The number of hydrogen-bond donors (Lipinski definition) is 3. The number of nitrogens with zero attached hydrogens (tertiary/aromatic N) is 4. The van der Waals surface area contributed by atoms with Crippen molar-refractivity contribution < 1.29 is 19.1 Å². The van der Waals surface area contributed by atoms with Gasteiger partial charge in [0, 0.05) is 19.6 Å². The maximum absolute atomic E-state index is 14.0. The molecule has 2 heterocycles. The van der Waals surface area contributed by atoms with Gasteiger partial charge >= 0.3 is 0 Å². The van der Waals surface area contributed by atoms with Crippen molar-refractivity contribution in [3.05, 3.63) is 76.1 Å². The van der Waals surface area contributed by atoms with E-state index in [4.69, 9.17) is 38.4 Å². The molecular weight excluding hydrogens is 498 g/mol. The Balaban J connectivity index is 1.79. The Kier molecular flexibility index (Phi) is 8.07. The largest absolute Gasteiger partial charge is 0.486 e. The highest BCUT2D eigenvalue weighted by atomic mass is 35.5. The van der Waals surface area contributed by atoms with Gasteiger partial charge in [0.25, 0.3) is 5.91 Å². The maximum atomic E-state index is 14.0. The minimum Gasteiger partial charge on any atom is -0.486 e. The van der Waals surface area contributed by atoms with Crippen LogP contribution in [0.25, 0.3) is 0 Å². The minimum absolute atomic E-state index is 0.00537. The number of anilines is 1. The van der Waals surface area contributed by atoms with Gasteiger partial charge in [-0.3, -0.25) is 14.6 Å². The second-order valence-corrected chi connectivity index (χ2v) is 8.88. The van der Waals surface area contributed by atoms with Crippen LogP contribution in [0.3, 0.4) is 0 Å². The van der Waals surface area contributed by atoms with Crippen molar-refractivity contribution in [3.8, 4) is 11.5 Å². The standard InChI is InChI=1S/C25H28ClN7O4/c1-15-2-4-16(5-3-15)14-32(24(35)21-18(26)13-30-25(31-21)33(29)9-8-27)22(23(28)34)17-6-7-19-20(12-17)37-11-10-36-19/h2-7,12-13,22H,8-11,14,27,29H2,1H3,(H2,28,34). The number of benzene rings is 2. The van der Waals surface area contributed by atoms with Crippen molar-refractivity contribution in [2.45, 2.75) is 19.5 Å². The monoisotopic (exact) mass is 525 g/mol. The fraction of sp³-hybridized carbons (Fsp3) is 0.280. The van der Waals surface area contributed by atoms with Gasteiger partial charge in [0.2, 0.25) is 11.9 Å². The van der Waals surface area contributed by atoms with Gasteiger partial charge in [0.1, 0.15) is 19.3 Å². The van der Waals surface area contributed by atoms with Gasteiger partial charge in [-0.15, -0.1) is 0 Å². The Morgan fingerprint density at radius 2 is 1.81 bits per heavy atom. The highest BCUT2D eigenvalue weighted by molar-refractivity contribution is 6.33. The predicted molar refractivity (Wildman–Crippen MR) is 138 cm³/mol. The van der Waals surface area contributed by atoms with Crippen molar-refractivity contribution in [3.63, 3.8) is 0 Å². The molecule has 4 rings (SSSR count). The lowest BCUT2D eigenvalue weighted by molar-refractivity contribution is -0.122. The molecule has 1 atom stereocenters. The number of nitrogens with two attached hydrogens (primary N) is 3. The lowest BCUT2D eigenvalue weighted by Crippen LogP contribution is -2.42. The molecule has 2 amide bonds. The van der Waals surface area contributed by atoms with Crippen LogP contribution in [0.15, 0.2) is 48.7 Å². The average molecular weight is 526 g/mol. The number of hydrazine groups is 1. The molecule has 0 bridgehead atoms. The molecule has 1 unspecified atom stereocenters. The quantitative estimate of drug-likeness (QED) is 0.279. The van der Waals surface area contributed by atoms with E-state index in [2.05, 4.69) is 9.97 Å². The maximum Gasteiger partial charge on any atom is 0.275 e. The van der Waals surface area contributed by atoms with Gasteiger partial charge in [-0.25, -0.2) is 15.8 Å². The van der Waals surface area contributed by atoms with Gasteiger partial charge in [0.05, 0.1) is 11.2 Å². The molecule has 194 valence electrons. The topological polar surface area (TPSA) is 163 Å². The van der Waals surface area contributed by atoms with Crippen LogP contribution in [-0.2, 0) is 11.3 Å². The van der Waals surface area contributed by atoms with Gasteiger partial charge in [-0.05, 0) is 30.2 Å². The molecule has 0 aliphatic carbocycles. The molecule has 0 fully saturated rings. The average Bonchev–Trinajstić information content (AvgIpc) is 2.89. The molecule has 11 nitrogen and oxygen atoms in total. The Morgan fingerprint density at radius 3 is 2.49 bits per heavy atom. The summed E-state index contributed by atoms with van der Waals surface area (Å²) in [5.74, 6) is 5.65. The molecule has 0 saturated heterocycles. The number of ether oxygens (including phenoxy) is 2. The van der Waals surface area contributed by atoms with Crippen molar-refractivity contribution in [2.24, 2.45) is 17.3 Å². The number of amides is 2. The van der Waals surface area contributed by atoms with Gasteiger partial charge < -0.3 is 25.8 Å².